The molecule has 4 heteroatoms. The number of carbonyl (C=O) groups excluding carboxylic acids is 1. The van der Waals surface area contributed by atoms with Crippen LogP contribution in [0.15, 0.2) is 30.5 Å². The number of amides is 1. The molecule has 2 fully saturated rings. The highest BCUT2D eigenvalue weighted by molar-refractivity contribution is 5.91. The smallest absolute Gasteiger partial charge is 0.233 e. The minimum Gasteiger partial charge on any atom is -0.341 e. The van der Waals surface area contributed by atoms with Gasteiger partial charge in [-0.15, -0.1) is 0 Å². The lowest BCUT2D eigenvalue weighted by atomic mass is 9.89. The molecule has 1 aliphatic heterocycles. The molecule has 1 aliphatic carbocycles. The molecule has 132 valence electrons. The van der Waals surface area contributed by atoms with Gasteiger partial charge >= 0.3 is 0 Å². The van der Waals surface area contributed by atoms with Crippen LogP contribution in [0, 0.1) is 6.92 Å². The normalized spacial score (nSPS) is 22.0. The molecule has 1 saturated carbocycles. The Balaban J connectivity index is 1.53. The molecule has 1 aromatic heterocycles. The van der Waals surface area contributed by atoms with E-state index in [1.807, 2.05) is 6.20 Å². The number of carbonyl (C=O) groups is 1. The Hall–Kier alpha value is -2.10. The van der Waals surface area contributed by atoms with Crippen LogP contribution in [0.5, 0.6) is 0 Å². The van der Waals surface area contributed by atoms with E-state index in [0.717, 1.165) is 45.2 Å². The van der Waals surface area contributed by atoms with Gasteiger partial charge in [-0.1, -0.05) is 36.8 Å². The Morgan fingerprint density at radius 1 is 1.32 bits per heavy atom. The third-order valence-electron chi connectivity index (χ3n) is 6.01. The summed E-state index contributed by atoms with van der Waals surface area (Å²) in [6, 6.07) is 8.54. The Morgan fingerprint density at radius 2 is 2.08 bits per heavy atom. The minimum absolute atomic E-state index is 0.253. The van der Waals surface area contributed by atoms with E-state index in [2.05, 4.69) is 53.2 Å². The van der Waals surface area contributed by atoms with Gasteiger partial charge in [0.05, 0.1) is 11.6 Å². The van der Waals surface area contributed by atoms with Crippen molar-refractivity contribution in [2.75, 3.05) is 13.1 Å². The standard InChI is InChI=1S/C21H27N3O/c1-3-16-13-22-23-19(16)17-5-4-12-24(14-17)20(25)21(10-11-21)18-8-6-15(2)7-9-18/h6-9,13,17H,3-5,10-12,14H2,1-2H3,(H,22,23). The van der Waals surface area contributed by atoms with Crippen molar-refractivity contribution in [3.8, 4) is 0 Å². The van der Waals surface area contributed by atoms with Crippen molar-refractivity contribution in [3.63, 3.8) is 0 Å². The van der Waals surface area contributed by atoms with E-state index in [1.54, 1.807) is 0 Å². The number of likely N-dealkylation sites (tertiary alicyclic amines) is 1. The number of piperidine rings is 1. The third kappa shape index (κ3) is 2.88. The van der Waals surface area contributed by atoms with E-state index in [1.165, 1.54) is 22.4 Å². The molecule has 25 heavy (non-hydrogen) atoms. The van der Waals surface area contributed by atoms with Crippen molar-refractivity contribution >= 4 is 5.91 Å². The van der Waals surface area contributed by atoms with Crippen molar-refractivity contribution in [1.29, 1.82) is 0 Å². The molecule has 1 aromatic carbocycles. The van der Waals surface area contributed by atoms with Crippen LogP contribution in [-0.2, 0) is 16.6 Å². The molecule has 2 aromatic rings. The van der Waals surface area contributed by atoms with Crippen LogP contribution in [0.25, 0.3) is 0 Å². The zero-order chi connectivity index (χ0) is 17.4. The second-order valence-electron chi connectivity index (χ2n) is 7.70. The number of H-pyrrole nitrogens is 1. The van der Waals surface area contributed by atoms with Gasteiger partial charge in [0.2, 0.25) is 5.91 Å². The highest BCUT2D eigenvalue weighted by Crippen LogP contribution is 2.50. The second-order valence-corrected chi connectivity index (χ2v) is 7.70. The zero-order valence-electron chi connectivity index (χ0n) is 15.2. The fourth-order valence-electron chi connectivity index (χ4n) is 4.28. The molecule has 4 nitrogen and oxygen atoms in total. The minimum atomic E-state index is -0.253. The molecule has 2 heterocycles. The van der Waals surface area contributed by atoms with Crippen molar-refractivity contribution in [1.82, 2.24) is 15.1 Å². The maximum Gasteiger partial charge on any atom is 0.233 e. The lowest BCUT2D eigenvalue weighted by molar-refractivity contribution is -0.135. The summed E-state index contributed by atoms with van der Waals surface area (Å²) in [6.45, 7) is 5.97. The Bertz CT molecular complexity index is 758. The molecule has 2 aliphatic rings. The summed E-state index contributed by atoms with van der Waals surface area (Å²) in [6.07, 6.45) is 7.11. The van der Waals surface area contributed by atoms with E-state index in [4.69, 9.17) is 0 Å². The number of hydrogen-bond acceptors (Lipinski definition) is 2. The van der Waals surface area contributed by atoms with E-state index < -0.39 is 0 Å². The number of aryl methyl sites for hydroxylation is 2. The molecule has 1 amide bonds. The van der Waals surface area contributed by atoms with E-state index in [0.29, 0.717) is 11.8 Å². The van der Waals surface area contributed by atoms with Crippen LogP contribution in [0.1, 0.15) is 60.9 Å². The number of aromatic amines is 1. The summed E-state index contributed by atoms with van der Waals surface area (Å²) in [5.41, 5.74) is 4.72. The number of aromatic nitrogens is 2. The lowest BCUT2D eigenvalue weighted by Crippen LogP contribution is -2.44. The number of nitrogens with zero attached hydrogens (tertiary/aromatic N) is 2. The molecule has 1 atom stereocenters. The number of benzene rings is 1. The van der Waals surface area contributed by atoms with Gasteiger partial charge in [0.1, 0.15) is 0 Å². The maximum atomic E-state index is 13.3. The average molecular weight is 337 g/mol. The fourth-order valence-corrected chi connectivity index (χ4v) is 4.28. The van der Waals surface area contributed by atoms with Crippen molar-refractivity contribution in [2.24, 2.45) is 0 Å². The molecule has 0 spiro atoms. The highest BCUT2D eigenvalue weighted by Gasteiger charge is 2.53. The van der Waals surface area contributed by atoms with Gasteiger partial charge in [-0.05, 0) is 50.2 Å². The van der Waals surface area contributed by atoms with Gasteiger partial charge in [0.25, 0.3) is 0 Å². The van der Waals surface area contributed by atoms with Crippen molar-refractivity contribution in [2.45, 2.75) is 57.3 Å². The van der Waals surface area contributed by atoms with Crippen LogP contribution >= 0.6 is 0 Å². The summed E-state index contributed by atoms with van der Waals surface area (Å²) in [7, 11) is 0. The molecule has 1 N–H and O–H groups in total. The fraction of sp³-hybridized carbons (Fsp3) is 0.524. The predicted octanol–water partition coefficient (Wildman–Crippen LogP) is 3.72. The van der Waals surface area contributed by atoms with Gasteiger partial charge < -0.3 is 4.90 Å². The van der Waals surface area contributed by atoms with Crippen molar-refractivity contribution < 1.29 is 4.79 Å². The van der Waals surface area contributed by atoms with Crippen LogP contribution in [-0.4, -0.2) is 34.1 Å². The predicted molar refractivity (Wildman–Crippen MR) is 98.6 cm³/mol. The summed E-state index contributed by atoms with van der Waals surface area (Å²) in [5.74, 6) is 0.725. The highest BCUT2D eigenvalue weighted by atomic mass is 16.2. The van der Waals surface area contributed by atoms with Crippen LogP contribution in [0.4, 0.5) is 0 Å². The van der Waals surface area contributed by atoms with E-state index in [9.17, 15) is 4.79 Å². The zero-order valence-corrected chi connectivity index (χ0v) is 15.2. The Morgan fingerprint density at radius 3 is 2.76 bits per heavy atom. The van der Waals surface area contributed by atoms with E-state index >= 15 is 0 Å². The average Bonchev–Trinajstić information content (AvgIpc) is 3.31. The lowest BCUT2D eigenvalue weighted by Gasteiger charge is -2.35. The van der Waals surface area contributed by atoms with E-state index in [-0.39, 0.29) is 5.41 Å². The topological polar surface area (TPSA) is 49.0 Å². The summed E-state index contributed by atoms with van der Waals surface area (Å²) >= 11 is 0. The van der Waals surface area contributed by atoms with Crippen LogP contribution < -0.4 is 0 Å². The van der Waals surface area contributed by atoms with Gasteiger partial charge in [0.15, 0.2) is 0 Å². The molecule has 1 unspecified atom stereocenters. The molecule has 0 radical (unpaired) electrons. The summed E-state index contributed by atoms with van der Waals surface area (Å²) < 4.78 is 0. The quantitative estimate of drug-likeness (QED) is 0.924. The van der Waals surface area contributed by atoms with Gasteiger partial charge in [-0.25, -0.2) is 0 Å². The monoisotopic (exact) mass is 337 g/mol. The van der Waals surface area contributed by atoms with Gasteiger partial charge in [-0.2, -0.15) is 5.10 Å². The third-order valence-corrected chi connectivity index (χ3v) is 6.01. The van der Waals surface area contributed by atoms with Crippen LogP contribution in [0.3, 0.4) is 0 Å². The second kappa shape index (κ2) is 6.32. The first-order valence-electron chi connectivity index (χ1n) is 9.52. The van der Waals surface area contributed by atoms with Crippen LogP contribution in [0.2, 0.25) is 0 Å². The molecule has 0 bridgehead atoms. The molecule has 1 saturated heterocycles. The van der Waals surface area contributed by atoms with Gasteiger partial charge in [-0.3, -0.25) is 9.89 Å². The molecule has 4 rings (SSSR count). The van der Waals surface area contributed by atoms with Crippen molar-refractivity contribution in [3.05, 3.63) is 52.8 Å². The first-order chi connectivity index (χ1) is 12.1. The molecular weight excluding hydrogens is 310 g/mol. The SMILES string of the molecule is CCc1cn[nH]c1C1CCCN(C(=O)C2(c3ccc(C)cc3)CC2)C1. The summed E-state index contributed by atoms with van der Waals surface area (Å²) in [4.78, 5) is 15.4. The number of nitrogens with one attached hydrogen (secondary N) is 1. The largest absolute Gasteiger partial charge is 0.341 e. The number of hydrogen-bond donors (Lipinski definition) is 1. The summed E-state index contributed by atoms with van der Waals surface area (Å²) in [5, 5.41) is 7.42. The Kier molecular flexibility index (Phi) is 4.14. The maximum absolute atomic E-state index is 13.3. The van der Waals surface area contributed by atoms with Gasteiger partial charge in [0, 0.05) is 24.7 Å². The first kappa shape index (κ1) is 16.4. The first-order valence-corrected chi connectivity index (χ1v) is 9.52. The Labute approximate surface area is 149 Å². The number of rotatable bonds is 4. The molecular formula is C21H27N3O.